The molecular weight excluding hydrogens is 339 g/mol. The molecule has 7 nitrogen and oxygen atoms in total. The summed E-state index contributed by atoms with van der Waals surface area (Å²) in [6.45, 7) is 1.40. The van der Waals surface area contributed by atoms with Crippen LogP contribution in [0.15, 0.2) is 17.1 Å². The highest BCUT2D eigenvalue weighted by molar-refractivity contribution is 5.91. The topological polar surface area (TPSA) is 92.7 Å². The number of rotatable bonds is 3. The molecule has 25 heavy (non-hydrogen) atoms. The van der Waals surface area contributed by atoms with E-state index in [-0.39, 0.29) is 11.5 Å². The van der Waals surface area contributed by atoms with Crippen LogP contribution in [0.4, 0.5) is 19.1 Å². The number of amides is 1. The molecule has 134 valence electrons. The molecule has 2 heterocycles. The number of nitrogens with one attached hydrogen (secondary N) is 2. The quantitative estimate of drug-likeness (QED) is 0.881. The number of aromatic nitrogens is 4. The second-order valence-corrected chi connectivity index (χ2v) is 5.89. The first-order chi connectivity index (χ1) is 11.8. The number of aromatic amines is 1. The molecule has 0 saturated carbocycles. The Hall–Kier alpha value is -2.65. The maximum Gasteiger partial charge on any atom is 0.435 e. The molecule has 0 fully saturated rings. The molecule has 1 atom stereocenters. The molecule has 0 aliphatic heterocycles. The Balaban J connectivity index is 1.77. The highest BCUT2D eigenvalue weighted by Crippen LogP contribution is 2.28. The predicted molar refractivity (Wildman–Crippen MR) is 82.1 cm³/mol. The first-order valence-electron chi connectivity index (χ1n) is 7.81. The maximum atomic E-state index is 12.6. The van der Waals surface area contributed by atoms with Crippen molar-refractivity contribution < 1.29 is 18.0 Å². The van der Waals surface area contributed by atoms with E-state index in [9.17, 15) is 22.8 Å². The summed E-state index contributed by atoms with van der Waals surface area (Å²) >= 11 is 0. The third-order valence-electron chi connectivity index (χ3n) is 4.11. The van der Waals surface area contributed by atoms with Crippen LogP contribution in [0.5, 0.6) is 0 Å². The Labute approximate surface area is 140 Å². The molecule has 2 N–H and O–H groups in total. The van der Waals surface area contributed by atoms with Gasteiger partial charge in [-0.3, -0.25) is 24.6 Å². The molecule has 2 aromatic heterocycles. The van der Waals surface area contributed by atoms with Gasteiger partial charge in [-0.15, -0.1) is 0 Å². The Morgan fingerprint density at radius 3 is 2.76 bits per heavy atom. The number of alkyl halides is 3. The van der Waals surface area contributed by atoms with Gasteiger partial charge in [0.25, 0.3) is 11.5 Å². The maximum absolute atomic E-state index is 12.6. The Morgan fingerprint density at radius 2 is 2.08 bits per heavy atom. The van der Waals surface area contributed by atoms with Crippen LogP contribution >= 0.6 is 0 Å². The molecule has 1 aliphatic rings. The van der Waals surface area contributed by atoms with Gasteiger partial charge in [-0.1, -0.05) is 0 Å². The molecule has 1 aliphatic carbocycles. The van der Waals surface area contributed by atoms with E-state index in [2.05, 4.69) is 20.4 Å². The van der Waals surface area contributed by atoms with Crippen molar-refractivity contribution in [2.75, 3.05) is 5.32 Å². The van der Waals surface area contributed by atoms with Crippen LogP contribution in [0, 0.1) is 0 Å². The summed E-state index contributed by atoms with van der Waals surface area (Å²) in [4.78, 5) is 31.0. The minimum absolute atomic E-state index is 0.00861. The fourth-order valence-electron chi connectivity index (χ4n) is 2.71. The number of nitrogens with zero attached hydrogens (tertiary/aromatic N) is 3. The van der Waals surface area contributed by atoms with Crippen molar-refractivity contribution in [3.05, 3.63) is 39.6 Å². The molecule has 3 rings (SSSR count). The summed E-state index contributed by atoms with van der Waals surface area (Å²) in [5, 5.41) is 5.80. The van der Waals surface area contributed by atoms with Crippen molar-refractivity contribution in [3.63, 3.8) is 0 Å². The lowest BCUT2D eigenvalue weighted by molar-refractivity contribution is -0.141. The SMILES string of the molecule is CC(C(=O)Nc1nc2c(c(=O)[nH]1)CCCC2)n1ccc(C(F)(F)F)n1. The van der Waals surface area contributed by atoms with Crippen molar-refractivity contribution in [1.29, 1.82) is 0 Å². The van der Waals surface area contributed by atoms with E-state index in [4.69, 9.17) is 0 Å². The minimum Gasteiger partial charge on any atom is -0.294 e. The lowest BCUT2D eigenvalue weighted by Gasteiger charge is -2.16. The number of fused-ring (bicyclic) bond motifs is 1. The van der Waals surface area contributed by atoms with Gasteiger partial charge < -0.3 is 0 Å². The van der Waals surface area contributed by atoms with Gasteiger partial charge in [-0.2, -0.15) is 18.3 Å². The van der Waals surface area contributed by atoms with E-state index in [1.165, 1.54) is 6.92 Å². The fourth-order valence-corrected chi connectivity index (χ4v) is 2.71. The summed E-state index contributed by atoms with van der Waals surface area (Å²) in [5.41, 5.74) is -0.103. The average Bonchev–Trinajstić information content (AvgIpc) is 3.04. The van der Waals surface area contributed by atoms with Crippen molar-refractivity contribution in [2.45, 2.75) is 44.8 Å². The van der Waals surface area contributed by atoms with E-state index in [0.717, 1.165) is 29.8 Å². The second-order valence-electron chi connectivity index (χ2n) is 5.89. The molecule has 2 aromatic rings. The minimum atomic E-state index is -4.58. The fraction of sp³-hybridized carbons (Fsp3) is 0.467. The van der Waals surface area contributed by atoms with Gasteiger partial charge in [0.2, 0.25) is 5.95 Å². The molecule has 0 spiro atoms. The molecule has 0 aromatic carbocycles. The van der Waals surface area contributed by atoms with Crippen molar-refractivity contribution in [3.8, 4) is 0 Å². The van der Waals surface area contributed by atoms with Crippen LogP contribution in [0.3, 0.4) is 0 Å². The number of carbonyl (C=O) groups is 1. The number of halogens is 3. The number of carbonyl (C=O) groups excluding carboxylic acids is 1. The zero-order valence-electron chi connectivity index (χ0n) is 13.4. The van der Waals surface area contributed by atoms with Crippen LogP contribution in [0.2, 0.25) is 0 Å². The van der Waals surface area contributed by atoms with Crippen LogP contribution in [0.25, 0.3) is 0 Å². The smallest absolute Gasteiger partial charge is 0.294 e. The predicted octanol–water partition coefficient (Wildman–Crippen LogP) is 2.06. The van der Waals surface area contributed by atoms with E-state index < -0.39 is 23.8 Å². The van der Waals surface area contributed by atoms with Gasteiger partial charge in [0, 0.05) is 11.8 Å². The Bertz CT molecular complexity index is 856. The summed E-state index contributed by atoms with van der Waals surface area (Å²) in [6, 6.07) is -0.208. The molecular formula is C15H16F3N5O2. The number of hydrogen-bond donors (Lipinski definition) is 2. The Morgan fingerprint density at radius 1 is 1.36 bits per heavy atom. The van der Waals surface area contributed by atoms with Crippen LogP contribution in [0.1, 0.15) is 42.8 Å². The summed E-state index contributed by atoms with van der Waals surface area (Å²) in [5.74, 6) is -0.638. The van der Waals surface area contributed by atoms with Gasteiger partial charge in [0.15, 0.2) is 5.69 Å². The zero-order valence-corrected chi connectivity index (χ0v) is 13.4. The second kappa shape index (κ2) is 6.34. The largest absolute Gasteiger partial charge is 0.435 e. The van der Waals surface area contributed by atoms with Gasteiger partial charge >= 0.3 is 6.18 Å². The van der Waals surface area contributed by atoms with Crippen molar-refractivity contribution in [1.82, 2.24) is 19.7 Å². The van der Waals surface area contributed by atoms with Gasteiger partial charge in [-0.25, -0.2) is 4.98 Å². The molecule has 1 amide bonds. The lowest BCUT2D eigenvalue weighted by Crippen LogP contribution is -2.28. The van der Waals surface area contributed by atoms with E-state index in [0.29, 0.717) is 24.1 Å². The monoisotopic (exact) mass is 355 g/mol. The third-order valence-corrected chi connectivity index (χ3v) is 4.11. The van der Waals surface area contributed by atoms with Crippen molar-refractivity contribution >= 4 is 11.9 Å². The van der Waals surface area contributed by atoms with Crippen LogP contribution in [-0.4, -0.2) is 25.7 Å². The van der Waals surface area contributed by atoms with E-state index in [1.807, 2.05) is 0 Å². The normalized spacial score (nSPS) is 15.5. The number of anilines is 1. The number of hydrogen-bond acceptors (Lipinski definition) is 4. The van der Waals surface area contributed by atoms with Gasteiger partial charge in [-0.05, 0) is 38.7 Å². The van der Waals surface area contributed by atoms with Gasteiger partial charge in [0.05, 0.1) is 5.69 Å². The summed E-state index contributed by atoms with van der Waals surface area (Å²) in [6.07, 6.45) is -0.355. The highest BCUT2D eigenvalue weighted by atomic mass is 19.4. The van der Waals surface area contributed by atoms with Crippen molar-refractivity contribution in [2.24, 2.45) is 0 Å². The summed E-state index contributed by atoms with van der Waals surface area (Å²) < 4.78 is 38.7. The molecule has 1 unspecified atom stereocenters. The highest BCUT2D eigenvalue weighted by Gasteiger charge is 2.34. The number of aryl methyl sites for hydroxylation is 1. The standard InChI is InChI=1S/C15H16F3N5O2/c1-8(23-7-6-11(22-23)15(16,17)18)12(24)20-14-19-10-5-3-2-4-9(10)13(25)21-14/h6-8H,2-5H2,1H3,(H2,19,20,21,24,25). The van der Waals surface area contributed by atoms with E-state index >= 15 is 0 Å². The van der Waals surface area contributed by atoms with Gasteiger partial charge in [0.1, 0.15) is 6.04 Å². The summed E-state index contributed by atoms with van der Waals surface area (Å²) in [7, 11) is 0. The first kappa shape index (κ1) is 17.2. The molecule has 0 bridgehead atoms. The third kappa shape index (κ3) is 3.57. The molecule has 10 heteroatoms. The Kier molecular flexibility index (Phi) is 4.36. The van der Waals surface area contributed by atoms with E-state index in [1.54, 1.807) is 0 Å². The molecule has 0 radical (unpaired) electrons. The zero-order chi connectivity index (χ0) is 18.2. The average molecular weight is 355 g/mol. The lowest BCUT2D eigenvalue weighted by atomic mass is 9.97. The van der Waals surface area contributed by atoms with Crippen LogP contribution < -0.4 is 10.9 Å². The first-order valence-corrected chi connectivity index (χ1v) is 7.81. The van der Waals surface area contributed by atoms with Crippen LogP contribution in [-0.2, 0) is 23.8 Å². The number of H-pyrrole nitrogens is 1. The molecule has 0 saturated heterocycles.